The molecule has 0 saturated heterocycles. The molecule has 0 atom stereocenters. The third-order valence-corrected chi connectivity index (χ3v) is 8.80. The first-order valence-electron chi connectivity index (χ1n) is 12.8. The van der Waals surface area contributed by atoms with Crippen LogP contribution in [0, 0.1) is 13.8 Å². The minimum Gasteiger partial charge on any atom is -0.493 e. The van der Waals surface area contributed by atoms with Crippen LogP contribution in [0.2, 0.25) is 5.02 Å². The Balaban J connectivity index is 1.51. The van der Waals surface area contributed by atoms with E-state index in [1.807, 2.05) is 37.3 Å². The molecule has 0 heterocycles. The number of hydrazone groups is 1. The zero-order valence-electron chi connectivity index (χ0n) is 23.2. The van der Waals surface area contributed by atoms with Crippen LogP contribution < -0.4 is 19.2 Å². The van der Waals surface area contributed by atoms with Crippen LogP contribution >= 0.6 is 27.5 Å². The molecule has 218 valence electrons. The zero-order chi connectivity index (χ0) is 30.3. The topological polar surface area (TPSA) is 97.3 Å². The number of rotatable bonds is 11. The van der Waals surface area contributed by atoms with Crippen molar-refractivity contribution in [3.8, 4) is 11.5 Å². The average molecular weight is 671 g/mol. The largest absolute Gasteiger partial charge is 0.493 e. The van der Waals surface area contributed by atoms with E-state index in [1.54, 1.807) is 49.4 Å². The number of hydrogen-bond acceptors (Lipinski definition) is 6. The van der Waals surface area contributed by atoms with Crippen LogP contribution in [-0.4, -0.2) is 34.2 Å². The number of methoxy groups -OCH3 is 1. The van der Waals surface area contributed by atoms with Crippen LogP contribution in [0.25, 0.3) is 0 Å². The molecule has 0 bridgehead atoms. The van der Waals surface area contributed by atoms with Gasteiger partial charge in [-0.1, -0.05) is 59.6 Å². The van der Waals surface area contributed by atoms with Gasteiger partial charge in [-0.05, 0) is 88.9 Å². The van der Waals surface area contributed by atoms with Gasteiger partial charge in [-0.15, -0.1) is 0 Å². The number of nitrogens with one attached hydrogen (secondary N) is 1. The number of amides is 1. The highest BCUT2D eigenvalue weighted by Gasteiger charge is 2.28. The fourth-order valence-corrected chi connectivity index (χ4v) is 6.35. The van der Waals surface area contributed by atoms with Crippen LogP contribution in [0.3, 0.4) is 0 Å². The molecule has 0 aliphatic carbocycles. The van der Waals surface area contributed by atoms with Gasteiger partial charge in [-0.3, -0.25) is 9.10 Å². The number of carbonyl (C=O) groups is 1. The first-order chi connectivity index (χ1) is 20.1. The molecule has 0 radical (unpaired) electrons. The van der Waals surface area contributed by atoms with E-state index in [9.17, 15) is 13.2 Å². The van der Waals surface area contributed by atoms with Crippen LogP contribution in [-0.2, 0) is 21.4 Å². The number of nitrogens with zero attached hydrogens (tertiary/aromatic N) is 2. The molecule has 42 heavy (non-hydrogen) atoms. The second-order valence-electron chi connectivity index (χ2n) is 9.36. The van der Waals surface area contributed by atoms with E-state index in [0.717, 1.165) is 15.4 Å². The molecule has 0 aliphatic rings. The molecule has 0 aromatic heterocycles. The van der Waals surface area contributed by atoms with E-state index in [4.69, 9.17) is 21.1 Å². The lowest BCUT2D eigenvalue weighted by molar-refractivity contribution is -0.119. The molecule has 4 aromatic carbocycles. The number of halogens is 2. The predicted octanol–water partition coefficient (Wildman–Crippen LogP) is 6.65. The summed E-state index contributed by atoms with van der Waals surface area (Å²) in [5.41, 5.74) is 5.89. The molecule has 1 N–H and O–H groups in total. The highest BCUT2D eigenvalue weighted by molar-refractivity contribution is 9.10. The van der Waals surface area contributed by atoms with Gasteiger partial charge in [0, 0.05) is 5.02 Å². The summed E-state index contributed by atoms with van der Waals surface area (Å²) in [6.45, 7) is 3.44. The number of benzene rings is 4. The first kappa shape index (κ1) is 31.1. The van der Waals surface area contributed by atoms with Crippen molar-refractivity contribution in [1.82, 2.24) is 5.43 Å². The van der Waals surface area contributed by atoms with Crippen LogP contribution in [0.15, 0.2) is 99.4 Å². The van der Waals surface area contributed by atoms with Crippen molar-refractivity contribution in [3.63, 3.8) is 0 Å². The monoisotopic (exact) mass is 669 g/mol. The van der Waals surface area contributed by atoms with Gasteiger partial charge in [-0.2, -0.15) is 5.10 Å². The zero-order valence-corrected chi connectivity index (χ0v) is 26.3. The van der Waals surface area contributed by atoms with E-state index in [-0.39, 0.29) is 4.90 Å². The lowest BCUT2D eigenvalue weighted by Crippen LogP contribution is -2.40. The van der Waals surface area contributed by atoms with Gasteiger partial charge >= 0.3 is 0 Å². The molecule has 4 aromatic rings. The average Bonchev–Trinajstić information content (AvgIpc) is 2.96. The maximum atomic E-state index is 13.6. The van der Waals surface area contributed by atoms with E-state index in [2.05, 4.69) is 26.5 Å². The number of ether oxygens (including phenoxy) is 2. The van der Waals surface area contributed by atoms with E-state index in [1.165, 1.54) is 25.5 Å². The van der Waals surface area contributed by atoms with Gasteiger partial charge in [-0.25, -0.2) is 13.8 Å². The summed E-state index contributed by atoms with van der Waals surface area (Å²) in [7, 11) is -2.55. The maximum Gasteiger partial charge on any atom is 0.264 e. The van der Waals surface area contributed by atoms with Crippen molar-refractivity contribution in [3.05, 3.63) is 117 Å². The number of hydrogen-bond donors (Lipinski definition) is 1. The van der Waals surface area contributed by atoms with Crippen molar-refractivity contribution < 1.29 is 22.7 Å². The number of carbonyl (C=O) groups excluding carboxylic acids is 1. The Kier molecular flexibility index (Phi) is 10.3. The van der Waals surface area contributed by atoms with Gasteiger partial charge in [0.1, 0.15) is 13.2 Å². The van der Waals surface area contributed by atoms with Gasteiger partial charge in [0.15, 0.2) is 11.5 Å². The van der Waals surface area contributed by atoms with Gasteiger partial charge < -0.3 is 9.47 Å². The Morgan fingerprint density at radius 3 is 2.40 bits per heavy atom. The van der Waals surface area contributed by atoms with Crippen LogP contribution in [0.4, 0.5) is 5.69 Å². The van der Waals surface area contributed by atoms with E-state index in [0.29, 0.717) is 44.4 Å². The molecule has 0 unspecified atom stereocenters. The summed E-state index contributed by atoms with van der Waals surface area (Å²) in [5.74, 6) is 0.365. The van der Waals surface area contributed by atoms with Gasteiger partial charge in [0.25, 0.3) is 15.9 Å². The maximum absolute atomic E-state index is 13.6. The first-order valence-corrected chi connectivity index (χ1v) is 15.4. The lowest BCUT2D eigenvalue weighted by atomic mass is 10.2. The molecule has 11 heteroatoms. The molecule has 8 nitrogen and oxygen atoms in total. The van der Waals surface area contributed by atoms with Crippen molar-refractivity contribution in [1.29, 1.82) is 0 Å². The second-order valence-corrected chi connectivity index (χ2v) is 12.5. The fourth-order valence-electron chi connectivity index (χ4n) is 4.06. The Bertz CT molecular complexity index is 1700. The molecule has 0 saturated carbocycles. The SMILES string of the molecule is COc1cc(/C=N\NC(=O)CN(c2ccc(Cl)cc2C)S(=O)(=O)c2ccc(C)cc2)cc(Br)c1OCc1ccccc1. The Morgan fingerprint density at radius 1 is 1.02 bits per heavy atom. The summed E-state index contributed by atoms with van der Waals surface area (Å²) in [4.78, 5) is 13.0. The molecular formula is C31H29BrClN3O5S. The normalized spacial score (nSPS) is 11.4. The van der Waals surface area contributed by atoms with Gasteiger partial charge in [0.05, 0.1) is 28.4 Å². The highest BCUT2D eigenvalue weighted by Crippen LogP contribution is 2.37. The third kappa shape index (κ3) is 7.70. The Hall–Kier alpha value is -3.86. The summed E-state index contributed by atoms with van der Waals surface area (Å²) in [6, 6.07) is 24.4. The third-order valence-electron chi connectivity index (χ3n) is 6.20. The Morgan fingerprint density at radius 2 is 1.74 bits per heavy atom. The predicted molar refractivity (Wildman–Crippen MR) is 169 cm³/mol. The number of anilines is 1. The second kappa shape index (κ2) is 13.9. The number of aryl methyl sites for hydroxylation is 2. The van der Waals surface area contributed by atoms with Crippen molar-refractivity contribution in [2.75, 3.05) is 18.0 Å². The molecule has 0 aliphatic heterocycles. The summed E-state index contributed by atoms with van der Waals surface area (Å²) < 4.78 is 40.4. The van der Waals surface area contributed by atoms with Crippen LogP contribution in [0.5, 0.6) is 11.5 Å². The van der Waals surface area contributed by atoms with Crippen LogP contribution in [0.1, 0.15) is 22.3 Å². The minimum absolute atomic E-state index is 0.0604. The quantitative estimate of drug-likeness (QED) is 0.142. The van der Waals surface area contributed by atoms with Crippen molar-refractivity contribution >= 4 is 55.4 Å². The molecule has 1 amide bonds. The summed E-state index contributed by atoms with van der Waals surface area (Å²) in [6.07, 6.45) is 1.43. The standard InChI is InChI=1S/C31H29BrClN3O5S/c1-21-9-12-26(13-10-21)42(38,39)36(28-14-11-25(33)15-22(28)2)19-30(37)35-34-18-24-16-27(32)31(29(17-24)40-3)41-20-23-7-5-4-6-8-23/h4-18H,19-20H2,1-3H3,(H,35,37)/b34-18-. The smallest absolute Gasteiger partial charge is 0.264 e. The highest BCUT2D eigenvalue weighted by atomic mass is 79.9. The Labute approximate surface area is 259 Å². The van der Waals surface area contributed by atoms with Crippen molar-refractivity contribution in [2.24, 2.45) is 5.10 Å². The minimum atomic E-state index is -4.08. The van der Waals surface area contributed by atoms with E-state index < -0.39 is 22.5 Å². The van der Waals surface area contributed by atoms with Crippen molar-refractivity contribution in [2.45, 2.75) is 25.3 Å². The molecule has 0 fully saturated rings. The summed E-state index contributed by atoms with van der Waals surface area (Å²) in [5, 5.41) is 4.50. The molecule has 0 spiro atoms. The number of sulfonamides is 1. The fraction of sp³-hybridized carbons (Fsp3) is 0.161. The molecule has 4 rings (SSSR count). The van der Waals surface area contributed by atoms with E-state index >= 15 is 0 Å². The lowest BCUT2D eigenvalue weighted by Gasteiger charge is -2.25. The molecular weight excluding hydrogens is 642 g/mol. The van der Waals surface area contributed by atoms with Gasteiger partial charge in [0.2, 0.25) is 0 Å². The summed E-state index contributed by atoms with van der Waals surface area (Å²) >= 11 is 9.62.